The fourth-order valence-corrected chi connectivity index (χ4v) is 1.83. The topological polar surface area (TPSA) is 77.5 Å². The standard InChI is InChI=1S/C15H13ClN2O4/c1-21-14(19)12-7-11(8-17-13(12)16)18-15(20)22-9-10-5-3-2-4-6-10/h2-8H,9H2,1H3,(H,18,20). The van der Waals surface area contributed by atoms with Crippen molar-refractivity contribution in [2.45, 2.75) is 6.61 Å². The fourth-order valence-electron chi connectivity index (χ4n) is 1.65. The lowest BCUT2D eigenvalue weighted by molar-refractivity contribution is 0.0600. The number of amides is 1. The minimum absolute atomic E-state index is 0.00458. The first-order chi connectivity index (χ1) is 10.6. The third-order valence-electron chi connectivity index (χ3n) is 2.70. The van der Waals surface area contributed by atoms with Crippen LogP contribution < -0.4 is 5.32 Å². The summed E-state index contributed by atoms with van der Waals surface area (Å²) in [7, 11) is 1.23. The molecule has 22 heavy (non-hydrogen) atoms. The maximum atomic E-state index is 11.7. The van der Waals surface area contributed by atoms with Crippen LogP contribution in [0.15, 0.2) is 42.6 Å². The molecule has 114 valence electrons. The van der Waals surface area contributed by atoms with Gasteiger partial charge < -0.3 is 9.47 Å². The third kappa shape index (κ3) is 4.20. The average molecular weight is 321 g/mol. The van der Waals surface area contributed by atoms with Gasteiger partial charge >= 0.3 is 12.1 Å². The number of halogens is 1. The average Bonchev–Trinajstić information content (AvgIpc) is 2.55. The summed E-state index contributed by atoms with van der Waals surface area (Å²) >= 11 is 5.79. The molecular weight excluding hydrogens is 308 g/mol. The molecule has 0 spiro atoms. The molecule has 0 bridgehead atoms. The number of nitrogens with zero attached hydrogens (tertiary/aromatic N) is 1. The highest BCUT2D eigenvalue weighted by Gasteiger charge is 2.14. The maximum absolute atomic E-state index is 11.7. The largest absolute Gasteiger partial charge is 0.465 e. The van der Waals surface area contributed by atoms with Crippen LogP contribution in [0.4, 0.5) is 10.5 Å². The number of hydrogen-bond acceptors (Lipinski definition) is 5. The normalized spacial score (nSPS) is 9.91. The van der Waals surface area contributed by atoms with Gasteiger partial charge in [0, 0.05) is 0 Å². The molecule has 0 aliphatic carbocycles. The number of nitrogens with one attached hydrogen (secondary N) is 1. The Kier molecular flexibility index (Phi) is 5.32. The van der Waals surface area contributed by atoms with Gasteiger partial charge in [-0.3, -0.25) is 5.32 Å². The number of ether oxygens (including phenoxy) is 2. The molecule has 0 aliphatic heterocycles. The third-order valence-corrected chi connectivity index (χ3v) is 3.00. The first-order valence-corrected chi connectivity index (χ1v) is 6.69. The van der Waals surface area contributed by atoms with E-state index in [1.54, 1.807) is 0 Å². The Balaban J connectivity index is 1.98. The van der Waals surface area contributed by atoms with Gasteiger partial charge in [0.2, 0.25) is 0 Å². The maximum Gasteiger partial charge on any atom is 0.412 e. The van der Waals surface area contributed by atoms with E-state index in [1.807, 2.05) is 30.3 Å². The summed E-state index contributed by atoms with van der Waals surface area (Å²) in [4.78, 5) is 27.0. The van der Waals surface area contributed by atoms with Gasteiger partial charge in [-0.15, -0.1) is 0 Å². The van der Waals surface area contributed by atoms with Crippen molar-refractivity contribution in [2.75, 3.05) is 12.4 Å². The van der Waals surface area contributed by atoms with Crippen molar-refractivity contribution in [1.29, 1.82) is 0 Å². The minimum atomic E-state index is -0.663. The molecule has 0 saturated carbocycles. The number of anilines is 1. The molecule has 0 atom stereocenters. The molecule has 0 radical (unpaired) electrons. The van der Waals surface area contributed by atoms with Gasteiger partial charge in [-0.1, -0.05) is 41.9 Å². The predicted molar refractivity (Wildman–Crippen MR) is 80.8 cm³/mol. The van der Waals surface area contributed by atoms with Crippen LogP contribution in [0.25, 0.3) is 0 Å². The number of carbonyl (C=O) groups excluding carboxylic acids is 2. The van der Waals surface area contributed by atoms with Crippen molar-refractivity contribution in [1.82, 2.24) is 4.98 Å². The SMILES string of the molecule is COC(=O)c1cc(NC(=O)OCc2ccccc2)cnc1Cl. The molecule has 1 aromatic carbocycles. The van der Waals surface area contributed by atoms with Crippen molar-refractivity contribution >= 4 is 29.4 Å². The van der Waals surface area contributed by atoms with E-state index >= 15 is 0 Å². The van der Waals surface area contributed by atoms with Crippen LogP contribution in [-0.4, -0.2) is 24.2 Å². The summed E-state index contributed by atoms with van der Waals surface area (Å²) in [5, 5.41) is 2.46. The number of rotatable bonds is 4. The second kappa shape index (κ2) is 7.42. The second-order valence-corrected chi connectivity index (χ2v) is 4.60. The molecule has 0 fully saturated rings. The Morgan fingerprint density at radius 2 is 2.00 bits per heavy atom. The van der Waals surface area contributed by atoms with E-state index in [0.29, 0.717) is 0 Å². The van der Waals surface area contributed by atoms with E-state index < -0.39 is 12.1 Å². The van der Waals surface area contributed by atoms with Crippen molar-refractivity contribution in [3.8, 4) is 0 Å². The van der Waals surface area contributed by atoms with E-state index in [-0.39, 0.29) is 23.0 Å². The van der Waals surface area contributed by atoms with Crippen molar-refractivity contribution in [3.63, 3.8) is 0 Å². The molecular formula is C15H13ClN2O4. The predicted octanol–water partition coefficient (Wildman–Crippen LogP) is 3.27. The van der Waals surface area contributed by atoms with Crippen LogP contribution in [0.5, 0.6) is 0 Å². The first-order valence-electron chi connectivity index (χ1n) is 6.31. The molecule has 2 rings (SSSR count). The molecule has 1 aromatic heterocycles. The highest BCUT2D eigenvalue weighted by molar-refractivity contribution is 6.32. The monoisotopic (exact) mass is 320 g/mol. The Morgan fingerprint density at radius 3 is 2.68 bits per heavy atom. The van der Waals surface area contributed by atoms with E-state index in [1.165, 1.54) is 19.4 Å². The lowest BCUT2D eigenvalue weighted by atomic mass is 10.2. The zero-order chi connectivity index (χ0) is 15.9. The lowest BCUT2D eigenvalue weighted by Gasteiger charge is -2.08. The number of esters is 1. The zero-order valence-corrected chi connectivity index (χ0v) is 12.5. The molecule has 1 heterocycles. The number of benzene rings is 1. The molecule has 0 aliphatic rings. The van der Waals surface area contributed by atoms with Crippen LogP contribution in [0.1, 0.15) is 15.9 Å². The van der Waals surface area contributed by atoms with Crippen molar-refractivity contribution in [3.05, 3.63) is 58.9 Å². The van der Waals surface area contributed by atoms with Gasteiger partial charge in [0.15, 0.2) is 0 Å². The summed E-state index contributed by atoms with van der Waals surface area (Å²) in [6.07, 6.45) is 0.655. The molecule has 6 nitrogen and oxygen atoms in total. The van der Waals surface area contributed by atoms with Gasteiger partial charge in [-0.25, -0.2) is 14.6 Å². The van der Waals surface area contributed by atoms with E-state index in [2.05, 4.69) is 15.0 Å². The van der Waals surface area contributed by atoms with E-state index in [9.17, 15) is 9.59 Å². The van der Waals surface area contributed by atoms with Crippen LogP contribution in [0, 0.1) is 0 Å². The van der Waals surface area contributed by atoms with Gasteiger partial charge in [0.25, 0.3) is 0 Å². The summed E-state index contributed by atoms with van der Waals surface area (Å²) < 4.78 is 9.64. The number of methoxy groups -OCH3 is 1. The van der Waals surface area contributed by atoms with Gasteiger partial charge in [0.1, 0.15) is 11.8 Å². The number of pyridine rings is 1. The van der Waals surface area contributed by atoms with E-state index in [4.69, 9.17) is 16.3 Å². The minimum Gasteiger partial charge on any atom is -0.465 e. The highest BCUT2D eigenvalue weighted by atomic mass is 35.5. The molecule has 0 unspecified atom stereocenters. The van der Waals surface area contributed by atoms with Gasteiger partial charge in [0.05, 0.1) is 24.6 Å². The summed E-state index contributed by atoms with van der Waals surface area (Å²) in [6, 6.07) is 10.6. The van der Waals surface area contributed by atoms with Gasteiger partial charge in [-0.05, 0) is 11.6 Å². The highest BCUT2D eigenvalue weighted by Crippen LogP contribution is 2.18. The molecule has 2 aromatic rings. The van der Waals surface area contributed by atoms with Crippen LogP contribution in [0.3, 0.4) is 0 Å². The quantitative estimate of drug-likeness (QED) is 0.691. The van der Waals surface area contributed by atoms with Crippen LogP contribution in [0.2, 0.25) is 5.15 Å². The van der Waals surface area contributed by atoms with Crippen LogP contribution in [-0.2, 0) is 16.1 Å². The molecule has 7 heteroatoms. The molecule has 1 amide bonds. The zero-order valence-electron chi connectivity index (χ0n) is 11.7. The summed E-state index contributed by atoms with van der Waals surface area (Å²) in [5.74, 6) is -0.640. The summed E-state index contributed by atoms with van der Waals surface area (Å²) in [6.45, 7) is 0.136. The van der Waals surface area contributed by atoms with Gasteiger partial charge in [-0.2, -0.15) is 0 Å². The smallest absolute Gasteiger partial charge is 0.412 e. The fraction of sp³-hybridized carbons (Fsp3) is 0.133. The molecule has 0 saturated heterocycles. The Bertz CT molecular complexity index is 676. The van der Waals surface area contributed by atoms with Crippen LogP contribution >= 0.6 is 11.6 Å². The first kappa shape index (κ1) is 15.8. The Morgan fingerprint density at radius 1 is 1.27 bits per heavy atom. The molecule has 1 N–H and O–H groups in total. The van der Waals surface area contributed by atoms with Crippen molar-refractivity contribution in [2.24, 2.45) is 0 Å². The van der Waals surface area contributed by atoms with Crippen molar-refractivity contribution < 1.29 is 19.1 Å². The second-order valence-electron chi connectivity index (χ2n) is 4.24. The Labute approximate surface area is 132 Å². The number of hydrogen-bond donors (Lipinski definition) is 1. The summed E-state index contributed by atoms with van der Waals surface area (Å²) in [5.41, 5.74) is 1.20. The number of carbonyl (C=O) groups is 2. The number of aromatic nitrogens is 1. The Hall–Kier alpha value is -2.60. The van der Waals surface area contributed by atoms with E-state index in [0.717, 1.165) is 5.56 Å². The lowest BCUT2D eigenvalue weighted by Crippen LogP contribution is -2.14.